The zero-order valence-electron chi connectivity index (χ0n) is 9.14. The van der Waals surface area contributed by atoms with Crippen LogP contribution in [0.2, 0.25) is 0 Å². The van der Waals surface area contributed by atoms with Crippen molar-refractivity contribution in [1.29, 1.82) is 0 Å². The van der Waals surface area contributed by atoms with Gasteiger partial charge in [-0.2, -0.15) is 0 Å². The molecule has 6 nitrogen and oxygen atoms in total. The van der Waals surface area contributed by atoms with Crippen molar-refractivity contribution in [1.82, 2.24) is 0 Å². The Balaban J connectivity index is 3.60. The Morgan fingerprint density at radius 1 is 1.25 bits per heavy atom. The van der Waals surface area contributed by atoms with Crippen LogP contribution in [0, 0.1) is 10.1 Å². The summed E-state index contributed by atoms with van der Waals surface area (Å²) in [5.74, 6) is -0.238. The van der Waals surface area contributed by atoms with Crippen LogP contribution in [0.4, 0.5) is 5.69 Å². The highest BCUT2D eigenvalue weighted by Crippen LogP contribution is 2.37. The molecule has 0 saturated heterocycles. The number of benzene rings is 1. The molecule has 0 fully saturated rings. The van der Waals surface area contributed by atoms with Crippen LogP contribution in [0.15, 0.2) is 12.1 Å². The van der Waals surface area contributed by atoms with Gasteiger partial charge in [0.15, 0.2) is 11.5 Å². The van der Waals surface area contributed by atoms with Gasteiger partial charge in [0.05, 0.1) is 19.1 Å². The first-order chi connectivity index (χ1) is 7.52. The zero-order valence-corrected chi connectivity index (χ0v) is 9.14. The fraction of sp³-hybridized carbons (Fsp3) is 0.300. The molecule has 0 unspecified atom stereocenters. The molecule has 0 amide bonds. The monoisotopic (exact) mass is 225 g/mol. The lowest BCUT2D eigenvalue weighted by Gasteiger charge is -2.09. The first-order valence-corrected chi connectivity index (χ1v) is 4.43. The summed E-state index contributed by atoms with van der Waals surface area (Å²) in [5, 5.41) is 10.9. The third-order valence-electron chi connectivity index (χ3n) is 2.08. The molecule has 0 aliphatic rings. The third-order valence-corrected chi connectivity index (χ3v) is 2.08. The molecule has 0 N–H and O–H groups in total. The molecule has 86 valence electrons. The van der Waals surface area contributed by atoms with E-state index in [0.29, 0.717) is 0 Å². The second kappa shape index (κ2) is 4.61. The second-order valence-corrected chi connectivity index (χ2v) is 3.01. The van der Waals surface area contributed by atoms with Gasteiger partial charge < -0.3 is 9.47 Å². The maximum atomic E-state index is 11.4. The minimum Gasteiger partial charge on any atom is -0.496 e. The smallest absolute Gasteiger partial charge is 0.325 e. The zero-order chi connectivity index (χ0) is 12.3. The van der Waals surface area contributed by atoms with Crippen molar-refractivity contribution in [3.05, 3.63) is 27.8 Å². The lowest BCUT2D eigenvalue weighted by molar-refractivity contribution is -0.386. The van der Waals surface area contributed by atoms with E-state index in [1.54, 1.807) is 0 Å². The molecule has 0 saturated carbocycles. The van der Waals surface area contributed by atoms with Crippen molar-refractivity contribution in [2.24, 2.45) is 0 Å². The third kappa shape index (κ3) is 1.95. The highest BCUT2D eigenvalue weighted by molar-refractivity contribution is 6.01. The van der Waals surface area contributed by atoms with Gasteiger partial charge in [-0.25, -0.2) is 0 Å². The summed E-state index contributed by atoms with van der Waals surface area (Å²) in [5.41, 5.74) is -0.443. The summed E-state index contributed by atoms with van der Waals surface area (Å²) in [7, 11) is 2.65. The minimum atomic E-state index is -0.655. The highest BCUT2D eigenvalue weighted by Gasteiger charge is 2.27. The number of nitrogens with zero attached hydrogens (tertiary/aromatic N) is 1. The molecule has 0 aliphatic carbocycles. The molecule has 6 heteroatoms. The summed E-state index contributed by atoms with van der Waals surface area (Å²) in [6, 6.07) is 2.85. The predicted octanol–water partition coefficient (Wildman–Crippen LogP) is 1.81. The normalized spacial score (nSPS) is 9.69. The van der Waals surface area contributed by atoms with Crippen molar-refractivity contribution in [3.8, 4) is 11.5 Å². The Labute approximate surface area is 91.9 Å². The van der Waals surface area contributed by atoms with E-state index in [1.807, 2.05) is 0 Å². The number of ketones is 1. The van der Waals surface area contributed by atoms with Crippen LogP contribution >= 0.6 is 0 Å². The number of hydrogen-bond donors (Lipinski definition) is 0. The van der Waals surface area contributed by atoms with E-state index in [1.165, 1.54) is 33.3 Å². The number of hydrogen-bond acceptors (Lipinski definition) is 5. The highest BCUT2D eigenvalue weighted by atomic mass is 16.6. The van der Waals surface area contributed by atoms with Crippen LogP contribution in [0.5, 0.6) is 11.5 Å². The van der Waals surface area contributed by atoms with Gasteiger partial charge in [-0.3, -0.25) is 14.9 Å². The van der Waals surface area contributed by atoms with E-state index in [-0.39, 0.29) is 22.7 Å². The fourth-order valence-electron chi connectivity index (χ4n) is 1.41. The molecule has 1 aromatic carbocycles. The summed E-state index contributed by atoms with van der Waals surface area (Å²) < 4.78 is 9.76. The van der Waals surface area contributed by atoms with E-state index in [9.17, 15) is 14.9 Å². The summed E-state index contributed by atoms with van der Waals surface area (Å²) in [6.07, 6.45) is 0. The van der Waals surface area contributed by atoms with Gasteiger partial charge in [0.25, 0.3) is 0 Å². The molecule has 0 aliphatic heterocycles. The predicted molar refractivity (Wildman–Crippen MR) is 56.2 cm³/mol. The number of carbonyl (C=O) groups is 1. The molecular formula is C10H11NO5. The van der Waals surface area contributed by atoms with Crippen molar-refractivity contribution in [3.63, 3.8) is 0 Å². The van der Waals surface area contributed by atoms with Crippen molar-refractivity contribution < 1.29 is 19.2 Å². The maximum Gasteiger partial charge on any atom is 0.325 e. The van der Waals surface area contributed by atoms with Crippen LogP contribution in [-0.2, 0) is 0 Å². The number of nitro benzene ring substituents is 1. The Kier molecular flexibility index (Phi) is 3.44. The summed E-state index contributed by atoms with van der Waals surface area (Å²) >= 11 is 0. The fourth-order valence-corrected chi connectivity index (χ4v) is 1.41. The van der Waals surface area contributed by atoms with E-state index >= 15 is 0 Å². The number of methoxy groups -OCH3 is 2. The van der Waals surface area contributed by atoms with Crippen LogP contribution in [0.25, 0.3) is 0 Å². The van der Waals surface area contributed by atoms with Gasteiger partial charge >= 0.3 is 5.69 Å². The van der Waals surface area contributed by atoms with E-state index in [4.69, 9.17) is 9.47 Å². The van der Waals surface area contributed by atoms with Gasteiger partial charge in [-0.05, 0) is 19.1 Å². The van der Waals surface area contributed by atoms with Gasteiger partial charge in [-0.1, -0.05) is 0 Å². The van der Waals surface area contributed by atoms with Gasteiger partial charge in [0.1, 0.15) is 11.3 Å². The first kappa shape index (κ1) is 12.0. The quantitative estimate of drug-likeness (QED) is 0.443. The van der Waals surface area contributed by atoms with E-state index < -0.39 is 10.7 Å². The minimum absolute atomic E-state index is 0.0380. The molecular weight excluding hydrogens is 214 g/mol. The van der Waals surface area contributed by atoms with Crippen LogP contribution in [-0.4, -0.2) is 24.9 Å². The van der Waals surface area contributed by atoms with Crippen LogP contribution in [0.3, 0.4) is 0 Å². The van der Waals surface area contributed by atoms with Crippen molar-refractivity contribution >= 4 is 11.5 Å². The largest absolute Gasteiger partial charge is 0.496 e. The molecule has 0 heterocycles. The van der Waals surface area contributed by atoms with Crippen molar-refractivity contribution in [2.75, 3.05) is 14.2 Å². The van der Waals surface area contributed by atoms with Crippen LogP contribution < -0.4 is 9.47 Å². The number of Topliss-reactive ketones (excluding diaryl/α,β-unsaturated/α-hetero) is 1. The van der Waals surface area contributed by atoms with Gasteiger partial charge in [-0.15, -0.1) is 0 Å². The first-order valence-electron chi connectivity index (χ1n) is 4.43. The molecule has 0 radical (unpaired) electrons. The molecule has 0 spiro atoms. The Morgan fingerprint density at radius 3 is 2.12 bits per heavy atom. The van der Waals surface area contributed by atoms with Crippen molar-refractivity contribution in [2.45, 2.75) is 6.92 Å². The van der Waals surface area contributed by atoms with Crippen LogP contribution in [0.1, 0.15) is 17.3 Å². The molecule has 0 bridgehead atoms. The summed E-state index contributed by atoms with van der Waals surface area (Å²) in [4.78, 5) is 21.6. The topological polar surface area (TPSA) is 78.7 Å². The lowest BCUT2D eigenvalue weighted by atomic mass is 10.1. The Bertz CT molecular complexity index is 400. The number of rotatable bonds is 4. The number of ether oxygens (including phenoxy) is 2. The SMILES string of the molecule is COc1ccc(OC)c([N+](=O)[O-])c1C(C)=O. The standard InChI is InChI=1S/C10H11NO5/c1-6(12)9-7(15-2)4-5-8(16-3)10(9)11(13)14/h4-5H,1-3H3. The Hall–Kier alpha value is -2.11. The lowest BCUT2D eigenvalue weighted by Crippen LogP contribution is -2.05. The van der Waals surface area contributed by atoms with E-state index in [0.717, 1.165) is 0 Å². The molecule has 16 heavy (non-hydrogen) atoms. The second-order valence-electron chi connectivity index (χ2n) is 3.01. The number of carbonyl (C=O) groups excluding carboxylic acids is 1. The van der Waals surface area contributed by atoms with E-state index in [2.05, 4.69) is 0 Å². The molecule has 1 rings (SSSR count). The molecule has 1 aromatic rings. The average Bonchev–Trinajstić information content (AvgIpc) is 2.26. The molecule has 0 aromatic heterocycles. The average molecular weight is 225 g/mol. The Morgan fingerprint density at radius 2 is 1.75 bits per heavy atom. The van der Waals surface area contributed by atoms with Gasteiger partial charge in [0, 0.05) is 0 Å². The molecule has 0 atom stereocenters. The maximum absolute atomic E-state index is 11.4. The number of nitro groups is 1. The van der Waals surface area contributed by atoms with Gasteiger partial charge in [0.2, 0.25) is 0 Å². The summed E-state index contributed by atoms with van der Waals surface area (Å²) in [6.45, 7) is 1.24.